The van der Waals surface area contributed by atoms with Gasteiger partial charge >= 0.3 is 0 Å². The van der Waals surface area contributed by atoms with Crippen LogP contribution < -0.4 is 10.6 Å². The molecule has 0 bridgehead atoms. The molecule has 1 aromatic rings. The van der Waals surface area contributed by atoms with Gasteiger partial charge in [0.2, 0.25) is 0 Å². The van der Waals surface area contributed by atoms with Crippen LogP contribution in [0, 0.1) is 0 Å². The predicted octanol–water partition coefficient (Wildman–Crippen LogP) is 2.15. The molecule has 2 rings (SSSR count). The van der Waals surface area contributed by atoms with Gasteiger partial charge < -0.3 is 15.4 Å². The molecule has 1 unspecified atom stereocenters. The highest BCUT2D eigenvalue weighted by Gasteiger charge is 2.31. The fraction of sp³-hybridized carbons (Fsp3) is 0.571. The van der Waals surface area contributed by atoms with E-state index in [0.717, 1.165) is 13.1 Å². The van der Waals surface area contributed by atoms with Gasteiger partial charge in [-0.2, -0.15) is 0 Å². The van der Waals surface area contributed by atoms with E-state index in [4.69, 9.17) is 10.5 Å². The molecule has 0 spiro atoms. The maximum absolute atomic E-state index is 5.92. The van der Waals surface area contributed by atoms with Crippen LogP contribution in [0.2, 0.25) is 0 Å². The fourth-order valence-electron chi connectivity index (χ4n) is 2.53. The summed E-state index contributed by atoms with van der Waals surface area (Å²) in [6.45, 7) is 8.87. The molecule has 2 N–H and O–H groups in total. The van der Waals surface area contributed by atoms with E-state index in [1.165, 1.54) is 11.3 Å². The monoisotopic (exact) mass is 234 g/mol. The lowest BCUT2D eigenvalue weighted by molar-refractivity contribution is -0.0749. The van der Waals surface area contributed by atoms with E-state index in [2.05, 4.69) is 49.9 Å². The topological polar surface area (TPSA) is 38.5 Å². The van der Waals surface area contributed by atoms with E-state index < -0.39 is 0 Å². The summed E-state index contributed by atoms with van der Waals surface area (Å²) in [5.74, 6) is 0. The van der Waals surface area contributed by atoms with Crippen molar-refractivity contribution in [2.75, 3.05) is 18.0 Å². The van der Waals surface area contributed by atoms with Crippen molar-refractivity contribution >= 4 is 5.69 Å². The number of ether oxygens (including phenoxy) is 1. The third kappa shape index (κ3) is 2.99. The molecule has 1 saturated heterocycles. The second kappa shape index (κ2) is 4.67. The van der Waals surface area contributed by atoms with Gasteiger partial charge in [-0.1, -0.05) is 12.1 Å². The third-order valence-corrected chi connectivity index (χ3v) is 3.08. The Balaban J connectivity index is 2.20. The van der Waals surface area contributed by atoms with Gasteiger partial charge in [0.25, 0.3) is 0 Å². The molecule has 3 nitrogen and oxygen atoms in total. The Hall–Kier alpha value is -1.06. The lowest BCUT2D eigenvalue weighted by Gasteiger charge is -2.43. The van der Waals surface area contributed by atoms with Crippen molar-refractivity contribution in [1.82, 2.24) is 0 Å². The van der Waals surface area contributed by atoms with Gasteiger partial charge in [-0.15, -0.1) is 0 Å². The number of nitrogens with zero attached hydrogens (tertiary/aromatic N) is 1. The van der Waals surface area contributed by atoms with E-state index in [9.17, 15) is 0 Å². The minimum Gasteiger partial charge on any atom is -0.369 e. The molecule has 17 heavy (non-hydrogen) atoms. The zero-order chi connectivity index (χ0) is 12.5. The predicted molar refractivity (Wildman–Crippen MR) is 71.2 cm³/mol. The first-order chi connectivity index (χ1) is 8.00. The molecule has 3 heteroatoms. The van der Waals surface area contributed by atoms with Gasteiger partial charge in [0.1, 0.15) is 0 Å². The molecular formula is C14H22N2O. The summed E-state index contributed by atoms with van der Waals surface area (Å²) in [4.78, 5) is 2.38. The number of hydrogen-bond donors (Lipinski definition) is 1. The Morgan fingerprint density at radius 3 is 2.88 bits per heavy atom. The minimum absolute atomic E-state index is 0.0869. The van der Waals surface area contributed by atoms with Crippen molar-refractivity contribution in [3.63, 3.8) is 0 Å². The molecule has 1 aliphatic rings. The van der Waals surface area contributed by atoms with Gasteiger partial charge in [-0.05, 0) is 38.5 Å². The van der Waals surface area contributed by atoms with Crippen LogP contribution in [0.15, 0.2) is 24.3 Å². The normalized spacial score (nSPS) is 23.8. The number of benzene rings is 1. The Labute approximate surface area is 104 Å². The number of rotatable bonds is 2. The molecule has 0 saturated carbocycles. The first-order valence-electron chi connectivity index (χ1n) is 6.22. The van der Waals surface area contributed by atoms with Gasteiger partial charge in [0.05, 0.1) is 11.7 Å². The summed E-state index contributed by atoms with van der Waals surface area (Å²) in [6, 6.07) is 8.46. The molecule has 0 radical (unpaired) electrons. The first kappa shape index (κ1) is 12.4. The lowest BCUT2D eigenvalue weighted by Crippen LogP contribution is -2.52. The van der Waals surface area contributed by atoms with Crippen molar-refractivity contribution in [2.45, 2.75) is 39.0 Å². The zero-order valence-corrected chi connectivity index (χ0v) is 10.9. The average Bonchev–Trinajstić information content (AvgIpc) is 2.26. The van der Waals surface area contributed by atoms with Crippen molar-refractivity contribution in [1.29, 1.82) is 0 Å². The van der Waals surface area contributed by atoms with E-state index >= 15 is 0 Å². The van der Waals surface area contributed by atoms with Crippen LogP contribution in [-0.4, -0.2) is 24.8 Å². The molecule has 1 atom stereocenters. The van der Waals surface area contributed by atoms with Gasteiger partial charge in [-0.3, -0.25) is 0 Å². The van der Waals surface area contributed by atoms with Crippen molar-refractivity contribution in [2.24, 2.45) is 5.73 Å². The summed E-state index contributed by atoms with van der Waals surface area (Å²) < 4.78 is 5.92. The van der Waals surface area contributed by atoms with Crippen LogP contribution in [0.3, 0.4) is 0 Å². The smallest absolute Gasteiger partial charge is 0.0805 e. The summed E-state index contributed by atoms with van der Waals surface area (Å²) >= 11 is 0. The zero-order valence-electron chi connectivity index (χ0n) is 10.9. The van der Waals surface area contributed by atoms with Gasteiger partial charge in [-0.25, -0.2) is 0 Å². The number of nitrogens with two attached hydrogens (primary N) is 1. The van der Waals surface area contributed by atoms with E-state index in [1.807, 2.05) is 0 Å². The van der Waals surface area contributed by atoms with Crippen LogP contribution in [0.4, 0.5) is 5.69 Å². The molecule has 1 fully saturated rings. The molecule has 0 aliphatic carbocycles. The van der Waals surface area contributed by atoms with E-state index in [0.29, 0.717) is 6.54 Å². The highest BCUT2D eigenvalue weighted by atomic mass is 16.5. The molecule has 94 valence electrons. The summed E-state index contributed by atoms with van der Waals surface area (Å²) in [5, 5.41) is 0. The largest absolute Gasteiger partial charge is 0.369 e. The van der Waals surface area contributed by atoms with E-state index in [1.54, 1.807) is 0 Å². The Bertz CT molecular complexity index is 390. The standard InChI is InChI=1S/C14H22N2O/c1-11-9-16(10-14(2,3)17-11)13-6-4-5-12(7-13)8-15/h4-7,11H,8-10,15H2,1-3H3. The molecule has 1 aromatic carbocycles. The Morgan fingerprint density at radius 1 is 1.47 bits per heavy atom. The van der Waals surface area contributed by atoms with E-state index in [-0.39, 0.29) is 11.7 Å². The van der Waals surface area contributed by atoms with Gasteiger partial charge in [0.15, 0.2) is 0 Å². The second-order valence-electron chi connectivity index (χ2n) is 5.44. The van der Waals surface area contributed by atoms with Crippen molar-refractivity contribution < 1.29 is 4.74 Å². The van der Waals surface area contributed by atoms with Crippen LogP contribution in [0.25, 0.3) is 0 Å². The van der Waals surface area contributed by atoms with Gasteiger partial charge in [0, 0.05) is 25.3 Å². The summed E-state index contributed by atoms with van der Waals surface area (Å²) in [6.07, 6.45) is 0.264. The maximum atomic E-state index is 5.92. The number of hydrogen-bond acceptors (Lipinski definition) is 3. The lowest BCUT2D eigenvalue weighted by atomic mass is 10.0. The molecular weight excluding hydrogens is 212 g/mol. The Kier molecular flexibility index (Phi) is 3.40. The quantitative estimate of drug-likeness (QED) is 0.852. The van der Waals surface area contributed by atoms with Crippen LogP contribution >= 0.6 is 0 Å². The van der Waals surface area contributed by atoms with Crippen molar-refractivity contribution in [3.8, 4) is 0 Å². The first-order valence-corrected chi connectivity index (χ1v) is 6.22. The number of anilines is 1. The fourth-order valence-corrected chi connectivity index (χ4v) is 2.53. The molecule has 0 amide bonds. The minimum atomic E-state index is -0.0869. The molecule has 1 aliphatic heterocycles. The highest BCUT2D eigenvalue weighted by Crippen LogP contribution is 2.26. The van der Waals surface area contributed by atoms with Crippen LogP contribution in [0.1, 0.15) is 26.3 Å². The summed E-state index contributed by atoms with van der Waals surface area (Å²) in [5.41, 5.74) is 8.03. The Morgan fingerprint density at radius 2 is 2.24 bits per heavy atom. The molecule has 0 aromatic heterocycles. The number of morpholine rings is 1. The second-order valence-corrected chi connectivity index (χ2v) is 5.44. The third-order valence-electron chi connectivity index (χ3n) is 3.08. The SMILES string of the molecule is CC1CN(c2cccc(CN)c2)CC(C)(C)O1. The maximum Gasteiger partial charge on any atom is 0.0805 e. The highest BCUT2D eigenvalue weighted by molar-refractivity contribution is 5.49. The molecule has 1 heterocycles. The van der Waals surface area contributed by atoms with Crippen molar-refractivity contribution in [3.05, 3.63) is 29.8 Å². The van der Waals surface area contributed by atoms with Crippen LogP contribution in [0.5, 0.6) is 0 Å². The van der Waals surface area contributed by atoms with Crippen LogP contribution in [-0.2, 0) is 11.3 Å². The average molecular weight is 234 g/mol. The summed E-state index contributed by atoms with van der Waals surface area (Å²) in [7, 11) is 0.